The molecule has 2 aromatic rings. The largest absolute Gasteiger partial charge is 0.446 e. The third kappa shape index (κ3) is 5.17. The molecule has 0 radical (unpaired) electrons. The zero-order valence-corrected chi connectivity index (χ0v) is 20.9. The second-order valence-electron chi connectivity index (χ2n) is 9.72. The molecule has 8 heteroatoms. The molecule has 2 atom stereocenters. The van der Waals surface area contributed by atoms with Crippen molar-refractivity contribution in [1.82, 2.24) is 4.90 Å². The first-order valence-electron chi connectivity index (χ1n) is 12.2. The van der Waals surface area contributed by atoms with Crippen molar-refractivity contribution in [2.24, 2.45) is 5.73 Å². The highest BCUT2D eigenvalue weighted by Gasteiger charge is 2.35. The van der Waals surface area contributed by atoms with Gasteiger partial charge in [0.15, 0.2) is 0 Å². The Morgan fingerprint density at radius 1 is 1.00 bits per heavy atom. The number of rotatable bonds is 3. The number of piperidine rings is 1. The van der Waals surface area contributed by atoms with Gasteiger partial charge in [0.1, 0.15) is 0 Å². The average molecular weight is 479 g/mol. The number of likely N-dealkylation sites (tertiary alicyclic amines) is 1. The van der Waals surface area contributed by atoms with E-state index >= 15 is 0 Å². The minimum absolute atomic E-state index is 0.00849. The first-order valence-corrected chi connectivity index (χ1v) is 12.2. The lowest BCUT2D eigenvalue weighted by atomic mass is 9.99. The first kappa shape index (κ1) is 24.7. The Labute approximate surface area is 206 Å². The molecule has 0 saturated carbocycles. The van der Waals surface area contributed by atoms with E-state index in [0.29, 0.717) is 30.0 Å². The van der Waals surface area contributed by atoms with E-state index in [4.69, 9.17) is 10.5 Å². The smallest absolute Gasteiger partial charge is 0.414 e. The van der Waals surface area contributed by atoms with Gasteiger partial charge in [-0.15, -0.1) is 0 Å². The molecule has 2 heterocycles. The third-order valence-corrected chi connectivity index (χ3v) is 6.52. The van der Waals surface area contributed by atoms with Gasteiger partial charge in [0, 0.05) is 38.2 Å². The van der Waals surface area contributed by atoms with Crippen LogP contribution in [-0.4, -0.2) is 60.6 Å². The Kier molecular flexibility index (Phi) is 7.12. The van der Waals surface area contributed by atoms with Crippen LogP contribution < -0.4 is 15.5 Å². The minimum Gasteiger partial charge on any atom is -0.446 e. The first-order chi connectivity index (χ1) is 16.7. The summed E-state index contributed by atoms with van der Waals surface area (Å²) in [6.07, 6.45) is 1.18. The Hall–Kier alpha value is -3.39. The summed E-state index contributed by atoms with van der Waals surface area (Å²) in [5, 5.41) is 0. The van der Waals surface area contributed by atoms with Crippen LogP contribution in [0.2, 0.25) is 0 Å². The number of benzene rings is 2. The molecule has 0 spiro atoms. The van der Waals surface area contributed by atoms with Crippen LogP contribution in [-0.2, 0) is 9.53 Å². The molecule has 2 aliphatic rings. The van der Waals surface area contributed by atoms with Crippen LogP contribution >= 0.6 is 0 Å². The summed E-state index contributed by atoms with van der Waals surface area (Å²) in [7, 11) is 0. The van der Waals surface area contributed by atoms with Gasteiger partial charge in [0.2, 0.25) is 5.91 Å². The summed E-state index contributed by atoms with van der Waals surface area (Å²) < 4.78 is 5.48. The predicted molar refractivity (Wildman–Crippen MR) is 137 cm³/mol. The number of carbonyl (C=O) groups excluding carboxylic acids is 3. The SMILES string of the molecule is CC(=O)N1c2ccc(-c3ccc(C(=O)N4CCC[C@@H](N)C4)cc3)cc2N(C(=O)OC(C)C)C[C@@H]1C. The lowest BCUT2D eigenvalue weighted by Gasteiger charge is -2.40. The number of fused-ring (bicyclic) bond motifs is 1. The molecule has 1 saturated heterocycles. The molecule has 2 aromatic carbocycles. The van der Waals surface area contributed by atoms with Gasteiger partial charge < -0.3 is 20.3 Å². The third-order valence-electron chi connectivity index (χ3n) is 6.52. The Balaban J connectivity index is 1.64. The van der Waals surface area contributed by atoms with Crippen LogP contribution in [0.3, 0.4) is 0 Å². The maximum atomic E-state index is 12.9. The summed E-state index contributed by atoms with van der Waals surface area (Å²) >= 11 is 0. The normalized spacial score (nSPS) is 20.0. The lowest BCUT2D eigenvalue weighted by Crippen LogP contribution is -2.51. The van der Waals surface area contributed by atoms with Crippen LogP contribution in [0.1, 0.15) is 50.9 Å². The molecule has 186 valence electrons. The topological polar surface area (TPSA) is 96.2 Å². The van der Waals surface area contributed by atoms with Gasteiger partial charge >= 0.3 is 6.09 Å². The number of ether oxygens (including phenoxy) is 1. The quantitative estimate of drug-likeness (QED) is 0.719. The molecule has 2 aliphatic heterocycles. The van der Waals surface area contributed by atoms with Gasteiger partial charge in [0.05, 0.1) is 23.5 Å². The molecule has 8 nitrogen and oxygen atoms in total. The zero-order valence-electron chi connectivity index (χ0n) is 20.9. The second kappa shape index (κ2) is 10.1. The van der Waals surface area contributed by atoms with Crippen LogP contribution in [0.4, 0.5) is 16.2 Å². The van der Waals surface area contributed by atoms with Gasteiger partial charge in [-0.05, 0) is 69.0 Å². The van der Waals surface area contributed by atoms with Crippen molar-refractivity contribution in [3.05, 3.63) is 48.0 Å². The van der Waals surface area contributed by atoms with Crippen LogP contribution in [0.15, 0.2) is 42.5 Å². The van der Waals surface area contributed by atoms with Crippen LogP contribution in [0.5, 0.6) is 0 Å². The van der Waals surface area contributed by atoms with E-state index in [1.54, 1.807) is 9.80 Å². The van der Waals surface area contributed by atoms with Gasteiger partial charge in [-0.25, -0.2) is 4.79 Å². The summed E-state index contributed by atoms with van der Waals surface area (Å²) in [5.41, 5.74) is 9.75. The fourth-order valence-electron chi connectivity index (χ4n) is 4.90. The summed E-state index contributed by atoms with van der Waals surface area (Å²) in [4.78, 5) is 43.3. The van der Waals surface area contributed by atoms with E-state index in [1.807, 2.05) is 68.1 Å². The maximum Gasteiger partial charge on any atom is 0.414 e. The van der Waals surface area contributed by atoms with Gasteiger partial charge in [-0.2, -0.15) is 0 Å². The summed E-state index contributed by atoms with van der Waals surface area (Å²) in [6.45, 7) is 8.72. The average Bonchev–Trinajstić information content (AvgIpc) is 2.82. The molecule has 0 bridgehead atoms. The van der Waals surface area contributed by atoms with E-state index in [9.17, 15) is 14.4 Å². The van der Waals surface area contributed by atoms with E-state index in [0.717, 1.165) is 30.5 Å². The highest BCUT2D eigenvalue weighted by atomic mass is 16.6. The van der Waals surface area contributed by atoms with Crippen molar-refractivity contribution in [1.29, 1.82) is 0 Å². The van der Waals surface area contributed by atoms with Crippen LogP contribution in [0, 0.1) is 0 Å². The fourth-order valence-corrected chi connectivity index (χ4v) is 4.90. The molecule has 35 heavy (non-hydrogen) atoms. The predicted octanol–water partition coefficient (Wildman–Crippen LogP) is 4.02. The van der Waals surface area contributed by atoms with Gasteiger partial charge in [0.25, 0.3) is 5.91 Å². The van der Waals surface area contributed by atoms with E-state index in [2.05, 4.69) is 0 Å². The van der Waals surface area contributed by atoms with Crippen molar-refractivity contribution >= 4 is 29.3 Å². The highest BCUT2D eigenvalue weighted by molar-refractivity contribution is 6.03. The minimum atomic E-state index is -0.436. The van der Waals surface area contributed by atoms with Crippen molar-refractivity contribution in [3.8, 4) is 11.1 Å². The molecule has 0 unspecified atom stereocenters. The van der Waals surface area contributed by atoms with Crippen LogP contribution in [0.25, 0.3) is 11.1 Å². The number of amides is 3. The van der Waals surface area contributed by atoms with E-state index < -0.39 is 6.09 Å². The fraction of sp³-hybridized carbons (Fsp3) is 0.444. The van der Waals surface area contributed by atoms with E-state index in [-0.39, 0.29) is 30.0 Å². The maximum absolute atomic E-state index is 12.9. The second-order valence-corrected chi connectivity index (χ2v) is 9.72. The Morgan fingerprint density at radius 2 is 1.69 bits per heavy atom. The van der Waals surface area contributed by atoms with E-state index in [1.165, 1.54) is 6.92 Å². The molecular formula is C27H34N4O4. The van der Waals surface area contributed by atoms with Gasteiger partial charge in [-0.1, -0.05) is 18.2 Å². The number of anilines is 2. The molecular weight excluding hydrogens is 444 g/mol. The monoisotopic (exact) mass is 478 g/mol. The van der Waals surface area contributed by atoms with Gasteiger partial charge in [-0.3, -0.25) is 14.5 Å². The molecule has 2 N–H and O–H groups in total. The van der Waals surface area contributed by atoms with Crippen molar-refractivity contribution in [2.75, 3.05) is 29.4 Å². The molecule has 0 aliphatic carbocycles. The number of carbonyl (C=O) groups is 3. The summed E-state index contributed by atoms with van der Waals surface area (Å²) in [5.74, 6) is -0.0884. The Morgan fingerprint density at radius 3 is 2.31 bits per heavy atom. The molecule has 0 aromatic heterocycles. The number of hydrogen-bond donors (Lipinski definition) is 1. The Bertz CT molecular complexity index is 1110. The summed E-state index contributed by atoms with van der Waals surface area (Å²) in [6, 6.07) is 13.0. The standard InChI is InChI=1S/C27H34N4O4/c1-17(2)35-27(34)30-15-18(3)31(19(4)32)24-12-11-22(14-25(24)30)20-7-9-21(10-8-20)26(33)29-13-5-6-23(28)16-29/h7-12,14,17-18,23H,5-6,13,15-16,28H2,1-4H3/t18-,23+/m0/s1. The lowest BCUT2D eigenvalue weighted by molar-refractivity contribution is -0.117. The molecule has 1 fully saturated rings. The van der Waals surface area contributed by atoms with Crippen molar-refractivity contribution < 1.29 is 19.1 Å². The zero-order chi connectivity index (χ0) is 25.3. The number of hydrogen-bond acceptors (Lipinski definition) is 5. The highest BCUT2D eigenvalue weighted by Crippen LogP contribution is 2.39. The molecule has 4 rings (SSSR count). The molecule has 3 amide bonds. The van der Waals surface area contributed by atoms with Crippen molar-refractivity contribution in [2.45, 2.75) is 58.7 Å². The van der Waals surface area contributed by atoms with Crippen molar-refractivity contribution in [3.63, 3.8) is 0 Å². The number of nitrogens with zero attached hydrogens (tertiary/aromatic N) is 3. The number of nitrogens with two attached hydrogens (primary N) is 1.